The summed E-state index contributed by atoms with van der Waals surface area (Å²) in [7, 11) is 0. The van der Waals surface area contributed by atoms with Gasteiger partial charge in [0.15, 0.2) is 0 Å². The van der Waals surface area contributed by atoms with Gasteiger partial charge < -0.3 is 9.47 Å². The molecule has 0 amide bonds. The van der Waals surface area contributed by atoms with Gasteiger partial charge in [-0.15, -0.1) is 11.6 Å². The smallest absolute Gasteiger partial charge is 0.0765 e. The lowest BCUT2D eigenvalue weighted by atomic mass is 10.1. The van der Waals surface area contributed by atoms with E-state index >= 15 is 0 Å². The molecule has 2 heterocycles. The minimum atomic E-state index is 0.141. The Morgan fingerprint density at radius 1 is 1.27 bits per heavy atom. The first-order valence-corrected chi connectivity index (χ1v) is 6.79. The van der Waals surface area contributed by atoms with Crippen molar-refractivity contribution in [3.05, 3.63) is 12.2 Å². The third-order valence-electron chi connectivity index (χ3n) is 2.90. The van der Waals surface area contributed by atoms with Crippen LogP contribution in [-0.4, -0.2) is 35.6 Å². The summed E-state index contributed by atoms with van der Waals surface area (Å²) >= 11 is 9.92. The van der Waals surface area contributed by atoms with Crippen LogP contribution in [0.3, 0.4) is 0 Å². The van der Waals surface area contributed by atoms with Gasteiger partial charge in [-0.1, -0.05) is 28.1 Å². The summed E-state index contributed by atoms with van der Waals surface area (Å²) in [4.78, 5) is 0.373. The maximum atomic E-state index is 6.25. The predicted molar refractivity (Wildman–Crippen MR) is 64.8 cm³/mol. The van der Waals surface area contributed by atoms with E-state index in [1.54, 1.807) is 0 Å². The molecular weight excluding hydrogens is 279 g/mol. The highest BCUT2D eigenvalue weighted by molar-refractivity contribution is 9.09. The molecule has 0 aromatic rings. The van der Waals surface area contributed by atoms with Gasteiger partial charge in [0.1, 0.15) is 0 Å². The SMILES string of the molecule is Cl[C@@H]1C[C@@H]2O[C@@H]1CCOC/C=C/C[C@@H]2Br. The second-order valence-corrected chi connectivity index (χ2v) is 5.79. The number of alkyl halides is 2. The van der Waals surface area contributed by atoms with E-state index in [-0.39, 0.29) is 17.6 Å². The minimum Gasteiger partial charge on any atom is -0.377 e. The molecule has 0 radical (unpaired) electrons. The van der Waals surface area contributed by atoms with E-state index in [2.05, 4.69) is 28.1 Å². The topological polar surface area (TPSA) is 18.5 Å². The molecule has 0 N–H and O–H groups in total. The van der Waals surface area contributed by atoms with Crippen LogP contribution >= 0.6 is 27.5 Å². The molecule has 4 heteroatoms. The van der Waals surface area contributed by atoms with Crippen molar-refractivity contribution in [2.75, 3.05) is 13.2 Å². The van der Waals surface area contributed by atoms with Gasteiger partial charge in [0.05, 0.1) is 24.2 Å². The Balaban J connectivity index is 1.99. The van der Waals surface area contributed by atoms with Crippen molar-refractivity contribution in [2.45, 2.75) is 41.7 Å². The van der Waals surface area contributed by atoms with Crippen LogP contribution in [0, 0.1) is 0 Å². The Kier molecular flexibility index (Phi) is 4.50. The summed E-state index contributed by atoms with van der Waals surface area (Å²) in [6.45, 7) is 1.43. The molecule has 2 rings (SSSR count). The second kappa shape index (κ2) is 5.67. The van der Waals surface area contributed by atoms with Crippen LogP contribution in [0.5, 0.6) is 0 Å². The van der Waals surface area contributed by atoms with E-state index in [1.807, 2.05) is 0 Å². The van der Waals surface area contributed by atoms with Crippen molar-refractivity contribution >= 4 is 27.5 Å². The maximum Gasteiger partial charge on any atom is 0.0765 e. The number of hydrogen-bond donors (Lipinski definition) is 0. The summed E-state index contributed by atoms with van der Waals surface area (Å²) in [6, 6.07) is 0. The minimum absolute atomic E-state index is 0.141. The molecule has 0 unspecified atom stereocenters. The fourth-order valence-corrected chi connectivity index (χ4v) is 2.93. The van der Waals surface area contributed by atoms with E-state index in [9.17, 15) is 0 Å². The van der Waals surface area contributed by atoms with Crippen molar-refractivity contribution < 1.29 is 9.47 Å². The number of ether oxygens (including phenoxy) is 2. The monoisotopic (exact) mass is 294 g/mol. The van der Waals surface area contributed by atoms with E-state index in [4.69, 9.17) is 21.1 Å². The third kappa shape index (κ3) is 3.19. The fourth-order valence-electron chi connectivity index (χ4n) is 2.02. The first-order valence-electron chi connectivity index (χ1n) is 5.43. The Bertz CT molecular complexity index is 235. The van der Waals surface area contributed by atoms with Gasteiger partial charge in [-0.05, 0) is 19.3 Å². The lowest BCUT2D eigenvalue weighted by Crippen LogP contribution is -2.21. The zero-order valence-electron chi connectivity index (χ0n) is 8.57. The lowest BCUT2D eigenvalue weighted by molar-refractivity contribution is 0.0246. The van der Waals surface area contributed by atoms with Gasteiger partial charge in [-0.2, -0.15) is 0 Å². The molecule has 1 fully saturated rings. The molecule has 0 aliphatic carbocycles. The fraction of sp³-hybridized carbons (Fsp3) is 0.818. The van der Waals surface area contributed by atoms with Crippen LogP contribution < -0.4 is 0 Å². The standard InChI is InChI=1S/C11H16BrClO2/c12-8-3-1-2-5-14-6-4-10-9(13)7-11(8)15-10/h1-2,8-11H,3-7H2/b2-1+/t8-,9+,10+,11-/m0/s1. The molecule has 0 aromatic heterocycles. The van der Waals surface area contributed by atoms with Gasteiger partial charge in [-0.3, -0.25) is 0 Å². The highest BCUT2D eigenvalue weighted by atomic mass is 79.9. The van der Waals surface area contributed by atoms with E-state index in [0.717, 1.165) is 25.9 Å². The Hall–Kier alpha value is 0.430. The zero-order chi connectivity index (χ0) is 10.7. The molecule has 4 atom stereocenters. The summed E-state index contributed by atoms with van der Waals surface area (Å²) in [5, 5.41) is 0.141. The number of halogens is 2. The van der Waals surface area contributed by atoms with Gasteiger partial charge in [0.25, 0.3) is 0 Å². The first kappa shape index (κ1) is 11.9. The van der Waals surface area contributed by atoms with Gasteiger partial charge >= 0.3 is 0 Å². The molecule has 0 aromatic carbocycles. The molecular formula is C11H16BrClO2. The molecule has 1 saturated heterocycles. The largest absolute Gasteiger partial charge is 0.377 e. The summed E-state index contributed by atoms with van der Waals surface area (Å²) in [5.74, 6) is 0. The van der Waals surface area contributed by atoms with Crippen LogP contribution in [0.2, 0.25) is 0 Å². The average molecular weight is 296 g/mol. The van der Waals surface area contributed by atoms with Crippen LogP contribution in [0.4, 0.5) is 0 Å². The zero-order valence-corrected chi connectivity index (χ0v) is 10.9. The van der Waals surface area contributed by atoms with Crippen LogP contribution in [0.1, 0.15) is 19.3 Å². The van der Waals surface area contributed by atoms with E-state index in [0.29, 0.717) is 11.4 Å². The second-order valence-electron chi connectivity index (χ2n) is 4.05. The molecule has 0 saturated carbocycles. The lowest BCUT2D eigenvalue weighted by Gasteiger charge is -2.17. The Morgan fingerprint density at radius 2 is 2.13 bits per heavy atom. The first-order chi connectivity index (χ1) is 7.27. The molecule has 2 nitrogen and oxygen atoms in total. The van der Waals surface area contributed by atoms with Gasteiger partial charge in [-0.25, -0.2) is 0 Å². The van der Waals surface area contributed by atoms with Crippen molar-refractivity contribution in [2.24, 2.45) is 0 Å². The third-order valence-corrected chi connectivity index (χ3v) is 4.33. The van der Waals surface area contributed by atoms with Crippen molar-refractivity contribution in [1.29, 1.82) is 0 Å². The average Bonchev–Trinajstić information content (AvgIpc) is 2.55. The number of rotatable bonds is 0. The Morgan fingerprint density at radius 3 is 3.00 bits per heavy atom. The number of hydrogen-bond acceptors (Lipinski definition) is 2. The number of fused-ring (bicyclic) bond motifs is 2. The molecule has 2 bridgehead atoms. The van der Waals surface area contributed by atoms with Crippen molar-refractivity contribution in [3.8, 4) is 0 Å². The molecule has 2 aliphatic heterocycles. The molecule has 15 heavy (non-hydrogen) atoms. The molecule has 86 valence electrons. The number of allylic oxidation sites excluding steroid dienone is 1. The van der Waals surface area contributed by atoms with Gasteiger partial charge in [0.2, 0.25) is 0 Å². The maximum absolute atomic E-state index is 6.25. The van der Waals surface area contributed by atoms with Crippen LogP contribution in [0.15, 0.2) is 12.2 Å². The van der Waals surface area contributed by atoms with Crippen molar-refractivity contribution in [1.82, 2.24) is 0 Å². The normalized spacial score (nSPS) is 44.7. The van der Waals surface area contributed by atoms with E-state index < -0.39 is 0 Å². The highest BCUT2D eigenvalue weighted by Crippen LogP contribution is 2.32. The van der Waals surface area contributed by atoms with Gasteiger partial charge in [0, 0.05) is 11.4 Å². The summed E-state index contributed by atoms with van der Waals surface area (Å²) < 4.78 is 11.4. The van der Waals surface area contributed by atoms with Crippen LogP contribution in [0.25, 0.3) is 0 Å². The summed E-state index contributed by atoms with van der Waals surface area (Å²) in [6.07, 6.45) is 7.45. The quantitative estimate of drug-likeness (QED) is 0.505. The molecule has 0 spiro atoms. The Labute approximate surface area is 104 Å². The van der Waals surface area contributed by atoms with Crippen molar-refractivity contribution in [3.63, 3.8) is 0 Å². The summed E-state index contributed by atoms with van der Waals surface area (Å²) in [5.41, 5.74) is 0. The molecule has 2 aliphatic rings. The van der Waals surface area contributed by atoms with Crippen LogP contribution in [-0.2, 0) is 9.47 Å². The highest BCUT2D eigenvalue weighted by Gasteiger charge is 2.36. The predicted octanol–water partition coefficient (Wildman–Crippen LogP) is 2.88. The van der Waals surface area contributed by atoms with E-state index in [1.165, 1.54) is 0 Å².